The fourth-order valence-electron chi connectivity index (χ4n) is 5.61. The zero-order valence-electron chi connectivity index (χ0n) is 39.8. The van der Waals surface area contributed by atoms with Gasteiger partial charge in [0.1, 0.15) is 11.2 Å². The first kappa shape index (κ1) is 10.9. The molecule has 0 aliphatic rings. The third kappa shape index (κ3) is 3.18. The monoisotopic (exact) mass is 539 g/mol. The lowest BCUT2D eigenvalue weighted by atomic mass is 9.83. The van der Waals surface area contributed by atoms with Gasteiger partial charge in [0.05, 0.1) is 26.0 Å². The first-order chi connectivity index (χ1) is 28.3. The van der Waals surface area contributed by atoms with Crippen molar-refractivity contribution in [2.75, 3.05) is 0 Å². The van der Waals surface area contributed by atoms with Crippen LogP contribution in [0.15, 0.2) is 150 Å². The Hall–Kier alpha value is -5.40. The first-order valence-corrected chi connectivity index (χ1v) is 12.6. The van der Waals surface area contributed by atoms with E-state index in [2.05, 4.69) is 0 Å². The fraction of sp³-hybridized carbons (Fsp3) is 0. The zero-order valence-corrected chi connectivity index (χ0v) is 20.8. The summed E-state index contributed by atoms with van der Waals surface area (Å²) in [5, 5.41) is -3.52. The van der Waals surface area contributed by atoms with Gasteiger partial charge in [-0.15, -0.1) is 0 Å². The van der Waals surface area contributed by atoms with E-state index in [-0.39, 0.29) is 54.4 Å². The summed E-state index contributed by atoms with van der Waals surface area (Å²) in [6.07, 6.45) is 0. The highest BCUT2D eigenvalue weighted by molar-refractivity contribution is 6.31. The Bertz CT molecular complexity index is 3440. The molecule has 0 aliphatic carbocycles. The van der Waals surface area contributed by atoms with Gasteiger partial charge in [0.2, 0.25) is 0 Å². The van der Waals surface area contributed by atoms with E-state index in [9.17, 15) is 9.60 Å². The van der Waals surface area contributed by atoms with Crippen LogP contribution in [0.4, 0.5) is 0 Å². The van der Waals surface area contributed by atoms with Gasteiger partial charge in [-0.3, -0.25) is 0 Å². The predicted octanol–water partition coefficient (Wildman–Crippen LogP) is 11.5. The van der Waals surface area contributed by atoms with Crippen LogP contribution in [0.2, 0.25) is 0 Å². The van der Waals surface area contributed by atoms with Crippen molar-refractivity contribution >= 4 is 65.0 Å². The largest absolute Gasteiger partial charge is 0.455 e. The quantitative estimate of drug-likeness (QED) is 0.199. The number of rotatable bonds is 2. The van der Waals surface area contributed by atoms with Crippen LogP contribution in [0.5, 0.6) is 0 Å². The maximum absolute atomic E-state index is 9.46. The van der Waals surface area contributed by atoms with E-state index in [1.165, 1.54) is 0 Å². The molecule has 0 bridgehead atoms. The van der Waals surface area contributed by atoms with Crippen LogP contribution in [0, 0.1) is 0 Å². The number of fused-ring (bicyclic) bond motifs is 8. The topological polar surface area (TPSA) is 13.1 Å². The van der Waals surface area contributed by atoms with Crippen molar-refractivity contribution in [2.24, 2.45) is 0 Å². The van der Waals surface area contributed by atoms with Gasteiger partial charge in [0.25, 0.3) is 0 Å². The third-order valence-electron chi connectivity index (χ3n) is 7.25. The van der Waals surface area contributed by atoms with E-state index in [1.807, 2.05) is 0 Å². The van der Waals surface area contributed by atoms with Crippen LogP contribution in [0.3, 0.4) is 0 Å². The SMILES string of the molecule is [2H]c1c([2H])c([2H])c2c(-c3c4c([2H])c([2H])c([2H])c([2H])c4c(-c4ccccc4)c4c([2H])c([2H])c([2H])c([2H])c34)c3c(oc4c5c([2H])c([2H])c([2H])c([2H])c5c([2H])c([2H])c43)c([2H])c2c1[2H]. The average molecular weight is 540 g/mol. The van der Waals surface area contributed by atoms with Crippen LogP contribution in [0.1, 0.15) is 26.0 Å². The summed E-state index contributed by atoms with van der Waals surface area (Å²) in [6, 6.07) is -5.32. The Balaban J connectivity index is 1.76. The lowest BCUT2D eigenvalue weighted by Crippen LogP contribution is -1.92. The van der Waals surface area contributed by atoms with Crippen molar-refractivity contribution in [3.63, 3.8) is 0 Å². The van der Waals surface area contributed by atoms with Crippen molar-refractivity contribution in [1.82, 2.24) is 0 Å². The summed E-state index contributed by atoms with van der Waals surface area (Å²) in [6.45, 7) is 0. The normalized spacial score (nSPS) is 18.4. The molecule has 0 unspecified atom stereocenters. The average Bonchev–Trinajstić information content (AvgIpc) is 3.64. The van der Waals surface area contributed by atoms with Crippen LogP contribution in [-0.2, 0) is 0 Å². The molecule has 1 aromatic heterocycles. The summed E-state index contributed by atoms with van der Waals surface area (Å²) in [5.41, 5.74) is -1.40. The van der Waals surface area contributed by atoms with E-state index >= 15 is 0 Å². The molecule has 1 heteroatoms. The van der Waals surface area contributed by atoms with Crippen molar-refractivity contribution in [3.8, 4) is 22.3 Å². The van der Waals surface area contributed by atoms with Crippen molar-refractivity contribution in [1.29, 1.82) is 0 Å². The second kappa shape index (κ2) is 8.55. The molecule has 9 rings (SSSR count). The highest BCUT2D eigenvalue weighted by Crippen LogP contribution is 2.49. The van der Waals surface area contributed by atoms with Crippen molar-refractivity contribution in [3.05, 3.63) is 145 Å². The summed E-state index contributed by atoms with van der Waals surface area (Å²) in [4.78, 5) is 0. The molecule has 0 radical (unpaired) electrons. The molecule has 9 aromatic rings. The molecule has 41 heavy (non-hydrogen) atoms. The third-order valence-corrected chi connectivity index (χ3v) is 7.25. The van der Waals surface area contributed by atoms with E-state index in [0.29, 0.717) is 5.56 Å². The van der Waals surface area contributed by atoms with Crippen molar-refractivity contribution in [2.45, 2.75) is 0 Å². The molecule has 0 aliphatic heterocycles. The smallest absolute Gasteiger partial charge is 0.143 e. The van der Waals surface area contributed by atoms with Crippen LogP contribution in [-0.4, -0.2) is 0 Å². The Labute approximate surface area is 263 Å². The number of furan rings is 1. The molecule has 1 nitrogen and oxygen atoms in total. The standard InChI is InChI=1S/C40H24O/c1-2-13-26(14-3-1)36-30-18-8-10-20-32(30)37(33-21-11-9-19-31(33)36)39-28-16-6-5-15-27(28)24-35-38(39)34-23-22-25-12-4-7-17-29(25)40(34)41-35/h1-24H/i4D,5D,6D,7D,8D,9D,10D,11D,12D,15D,16D,17D,18D,19D,20D,21D,22D,23D,24D. The van der Waals surface area contributed by atoms with E-state index in [4.69, 9.17) is 20.9 Å². The highest BCUT2D eigenvalue weighted by Gasteiger charge is 2.23. The summed E-state index contributed by atoms with van der Waals surface area (Å²) in [7, 11) is 0. The molecule has 8 aromatic carbocycles. The van der Waals surface area contributed by atoms with E-state index in [0.717, 1.165) is 0 Å². The van der Waals surface area contributed by atoms with Gasteiger partial charge in [-0.1, -0.05) is 133 Å². The van der Waals surface area contributed by atoms with Gasteiger partial charge in [-0.2, -0.15) is 0 Å². The molecule has 190 valence electrons. The Morgan fingerprint density at radius 1 is 0.439 bits per heavy atom. The van der Waals surface area contributed by atoms with Crippen molar-refractivity contribution < 1.29 is 30.5 Å². The number of hydrogen-bond acceptors (Lipinski definition) is 1. The van der Waals surface area contributed by atoms with Gasteiger partial charge in [0.15, 0.2) is 0 Å². The summed E-state index contributed by atoms with van der Waals surface area (Å²) < 4.78 is 177. The molecule has 0 fully saturated rings. The van der Waals surface area contributed by atoms with Gasteiger partial charge < -0.3 is 4.42 Å². The Kier molecular flexibility index (Phi) is 2.27. The fourth-order valence-corrected chi connectivity index (χ4v) is 5.61. The molecular formula is C40H24O. The van der Waals surface area contributed by atoms with Gasteiger partial charge in [-0.05, 0) is 66.5 Å². The maximum atomic E-state index is 9.46. The molecular weight excluding hydrogens is 496 g/mol. The molecule has 0 N–H and O–H groups in total. The second-order valence-electron chi connectivity index (χ2n) is 9.38. The minimum absolute atomic E-state index is 0.00317. The first-order valence-electron chi connectivity index (χ1n) is 22.1. The molecule has 0 saturated carbocycles. The molecule has 0 amide bonds. The minimum atomic E-state index is -0.800. The van der Waals surface area contributed by atoms with Crippen LogP contribution >= 0.6 is 0 Å². The predicted molar refractivity (Wildman–Crippen MR) is 175 cm³/mol. The van der Waals surface area contributed by atoms with E-state index in [1.54, 1.807) is 30.3 Å². The Morgan fingerprint density at radius 2 is 1.00 bits per heavy atom. The molecule has 0 atom stereocenters. The van der Waals surface area contributed by atoms with Gasteiger partial charge >= 0.3 is 0 Å². The lowest BCUT2D eigenvalue weighted by molar-refractivity contribution is 0.673. The molecule has 0 spiro atoms. The summed E-state index contributed by atoms with van der Waals surface area (Å²) >= 11 is 0. The zero-order chi connectivity index (χ0) is 43.4. The number of benzene rings is 8. The minimum Gasteiger partial charge on any atom is -0.455 e. The Morgan fingerprint density at radius 3 is 1.68 bits per heavy atom. The van der Waals surface area contributed by atoms with Crippen LogP contribution in [0.25, 0.3) is 87.3 Å². The second-order valence-corrected chi connectivity index (χ2v) is 9.38. The lowest BCUT2D eigenvalue weighted by Gasteiger charge is -2.19. The van der Waals surface area contributed by atoms with E-state index < -0.39 is 142 Å². The van der Waals surface area contributed by atoms with Crippen LogP contribution < -0.4 is 0 Å². The molecule has 0 saturated heterocycles. The van der Waals surface area contributed by atoms with Gasteiger partial charge in [-0.25, -0.2) is 0 Å². The number of hydrogen-bond donors (Lipinski definition) is 0. The van der Waals surface area contributed by atoms with Gasteiger partial charge in [0, 0.05) is 21.7 Å². The highest BCUT2D eigenvalue weighted by atomic mass is 16.3. The maximum Gasteiger partial charge on any atom is 0.143 e. The summed E-state index contributed by atoms with van der Waals surface area (Å²) in [5.74, 6) is 0. The molecule has 1 heterocycles.